The number of methoxy groups -OCH3 is 4. The maximum atomic E-state index is 13.2. The molecule has 0 fully saturated rings. The molecule has 0 spiro atoms. The second-order valence-electron chi connectivity index (χ2n) is 10.3. The first kappa shape index (κ1) is 39.4. The normalized spacial score (nSPS) is 13.2. The van der Waals surface area contributed by atoms with Crippen LogP contribution in [-0.4, -0.2) is 110 Å². The van der Waals surface area contributed by atoms with Gasteiger partial charge in [-0.2, -0.15) is 0 Å². The number of amides is 3. The van der Waals surface area contributed by atoms with E-state index in [1.807, 2.05) is 6.07 Å². The summed E-state index contributed by atoms with van der Waals surface area (Å²) in [6, 6.07) is 7.41. The lowest BCUT2D eigenvalue weighted by Gasteiger charge is -2.26. The van der Waals surface area contributed by atoms with E-state index >= 15 is 0 Å². The molecule has 2 rings (SSSR count). The SMILES string of the molecule is COc1ccc(CCNC(=O)C(O)C(SCC(NC(=O)CCC(N)C(=O)O)C(=O)NCC(=O)O)c2ccc(OC)c(OC)c2)cc1OC. The van der Waals surface area contributed by atoms with Gasteiger partial charge in [-0.25, -0.2) is 0 Å². The van der Waals surface area contributed by atoms with Crippen molar-refractivity contribution in [2.75, 3.05) is 47.3 Å². The Labute approximate surface area is 281 Å². The lowest BCUT2D eigenvalue weighted by Crippen LogP contribution is -2.50. The summed E-state index contributed by atoms with van der Waals surface area (Å²) in [6.07, 6.45) is -1.80. The molecule has 0 bridgehead atoms. The number of thioether (sulfide) groups is 1. The largest absolute Gasteiger partial charge is 0.493 e. The molecule has 16 nitrogen and oxygen atoms in total. The van der Waals surface area contributed by atoms with Crippen LogP contribution in [0.1, 0.15) is 29.2 Å². The third kappa shape index (κ3) is 12.1. The molecule has 4 unspecified atom stereocenters. The topological polar surface area (TPSA) is 245 Å². The van der Waals surface area contributed by atoms with Gasteiger partial charge in [0.05, 0.1) is 33.7 Å². The first-order chi connectivity index (χ1) is 22.8. The number of nitrogens with two attached hydrogens (primary N) is 1. The van der Waals surface area contributed by atoms with Gasteiger partial charge < -0.3 is 56.0 Å². The number of aliphatic carboxylic acids is 2. The van der Waals surface area contributed by atoms with Crippen molar-refractivity contribution in [1.82, 2.24) is 16.0 Å². The van der Waals surface area contributed by atoms with E-state index in [1.54, 1.807) is 30.3 Å². The van der Waals surface area contributed by atoms with Crippen LogP contribution in [0.5, 0.6) is 23.0 Å². The van der Waals surface area contributed by atoms with Crippen molar-refractivity contribution >= 4 is 41.4 Å². The predicted octanol–water partition coefficient (Wildman–Crippen LogP) is 0.0928. The number of ether oxygens (including phenoxy) is 4. The monoisotopic (exact) mass is 694 g/mol. The minimum absolute atomic E-state index is 0.156. The summed E-state index contributed by atoms with van der Waals surface area (Å²) in [7, 11) is 5.88. The molecule has 0 aliphatic carbocycles. The van der Waals surface area contributed by atoms with E-state index in [1.165, 1.54) is 28.4 Å². The van der Waals surface area contributed by atoms with Gasteiger partial charge in [0.2, 0.25) is 17.7 Å². The molecule has 0 heterocycles. The van der Waals surface area contributed by atoms with Crippen LogP contribution in [0, 0.1) is 0 Å². The van der Waals surface area contributed by atoms with Crippen LogP contribution in [0.15, 0.2) is 36.4 Å². The maximum Gasteiger partial charge on any atom is 0.322 e. The van der Waals surface area contributed by atoms with Crippen molar-refractivity contribution < 1.29 is 58.2 Å². The standard InChI is InChI=1S/C31H42N4O12S/c1-44-21-8-5-17(13-23(21)46-3)11-12-33-30(41)27(39)28(18-6-9-22(45-2)24(14-18)47-4)48-16-20(29(40)34-15-26(37)38)35-25(36)10-7-19(32)31(42)43/h5-6,8-9,13-14,19-20,27-28,39H,7,10-12,15-16,32H2,1-4H3,(H,33,41)(H,34,40)(H,35,36)(H,37,38)(H,42,43). The molecule has 0 aromatic heterocycles. The Morgan fingerprint density at radius 3 is 2.02 bits per heavy atom. The lowest BCUT2D eigenvalue weighted by molar-refractivity contribution is -0.139. The van der Waals surface area contributed by atoms with E-state index in [0.29, 0.717) is 35.0 Å². The van der Waals surface area contributed by atoms with Crippen LogP contribution in [0.4, 0.5) is 0 Å². The van der Waals surface area contributed by atoms with Gasteiger partial charge >= 0.3 is 11.9 Å². The Kier molecular flexibility index (Phi) is 16.3. The fourth-order valence-corrected chi connectivity index (χ4v) is 5.63. The number of nitrogens with one attached hydrogen (secondary N) is 3. The zero-order chi connectivity index (χ0) is 35.8. The van der Waals surface area contributed by atoms with Crippen molar-refractivity contribution in [3.8, 4) is 23.0 Å². The van der Waals surface area contributed by atoms with Crippen LogP contribution in [-0.2, 0) is 30.4 Å². The van der Waals surface area contributed by atoms with E-state index < -0.39 is 59.6 Å². The number of carboxylic acids is 2. The second kappa shape index (κ2) is 19.8. The Bertz CT molecular complexity index is 1430. The van der Waals surface area contributed by atoms with Crippen LogP contribution in [0.25, 0.3) is 0 Å². The molecule has 264 valence electrons. The zero-order valence-corrected chi connectivity index (χ0v) is 27.8. The third-order valence-corrected chi connectivity index (χ3v) is 8.37. The Hall–Kier alpha value is -4.74. The second-order valence-corrected chi connectivity index (χ2v) is 11.4. The van der Waals surface area contributed by atoms with E-state index in [2.05, 4.69) is 16.0 Å². The maximum absolute atomic E-state index is 13.2. The first-order valence-corrected chi connectivity index (χ1v) is 15.7. The number of hydrogen-bond donors (Lipinski definition) is 7. The molecular weight excluding hydrogens is 652 g/mol. The summed E-state index contributed by atoms with van der Waals surface area (Å²) in [5.41, 5.74) is 6.73. The summed E-state index contributed by atoms with van der Waals surface area (Å²) in [5, 5.41) is 35.7. The number of carboxylic acid groups (broad SMARTS) is 2. The number of aliphatic hydroxyl groups excluding tert-OH is 1. The van der Waals surface area contributed by atoms with Gasteiger partial charge in [0.1, 0.15) is 24.7 Å². The summed E-state index contributed by atoms with van der Waals surface area (Å²) in [4.78, 5) is 60.9. The van der Waals surface area contributed by atoms with Crippen LogP contribution in [0.3, 0.4) is 0 Å². The van der Waals surface area contributed by atoms with Crippen molar-refractivity contribution in [2.45, 2.75) is 42.7 Å². The van der Waals surface area contributed by atoms with Crippen LogP contribution >= 0.6 is 11.8 Å². The quantitative estimate of drug-likeness (QED) is 0.0916. The summed E-state index contributed by atoms with van der Waals surface area (Å²) in [5.74, 6) is -3.37. The van der Waals surface area contributed by atoms with Crippen molar-refractivity contribution in [3.63, 3.8) is 0 Å². The summed E-state index contributed by atoms with van der Waals surface area (Å²) < 4.78 is 21.2. The van der Waals surface area contributed by atoms with Gasteiger partial charge in [-0.1, -0.05) is 12.1 Å². The fourth-order valence-electron chi connectivity index (χ4n) is 4.35. The van der Waals surface area contributed by atoms with Gasteiger partial charge in [0.25, 0.3) is 0 Å². The van der Waals surface area contributed by atoms with Crippen LogP contribution < -0.4 is 40.6 Å². The highest BCUT2D eigenvalue weighted by Crippen LogP contribution is 2.38. The van der Waals surface area contributed by atoms with Gasteiger partial charge in [0, 0.05) is 18.7 Å². The van der Waals surface area contributed by atoms with Crippen molar-refractivity contribution in [3.05, 3.63) is 47.5 Å². The van der Waals surface area contributed by atoms with Crippen molar-refractivity contribution in [2.24, 2.45) is 5.73 Å². The van der Waals surface area contributed by atoms with Gasteiger partial charge in [0.15, 0.2) is 23.0 Å². The number of benzene rings is 2. The number of carbonyl (C=O) groups is 5. The molecule has 0 aliphatic heterocycles. The molecule has 48 heavy (non-hydrogen) atoms. The Morgan fingerprint density at radius 1 is 0.833 bits per heavy atom. The highest BCUT2D eigenvalue weighted by Gasteiger charge is 2.32. The number of aliphatic hydroxyl groups is 1. The predicted molar refractivity (Wildman–Crippen MR) is 174 cm³/mol. The molecule has 2 aromatic rings. The van der Waals surface area contributed by atoms with Gasteiger partial charge in [-0.3, -0.25) is 24.0 Å². The molecule has 3 amide bonds. The third-order valence-electron chi connectivity index (χ3n) is 6.96. The zero-order valence-electron chi connectivity index (χ0n) is 27.0. The Morgan fingerprint density at radius 2 is 1.44 bits per heavy atom. The molecule has 4 atom stereocenters. The average molecular weight is 695 g/mol. The first-order valence-electron chi connectivity index (χ1n) is 14.6. The van der Waals surface area contributed by atoms with E-state index in [9.17, 15) is 29.1 Å². The molecule has 0 saturated carbocycles. The van der Waals surface area contributed by atoms with Gasteiger partial charge in [-0.05, 0) is 48.2 Å². The molecule has 0 saturated heterocycles. The molecule has 0 aliphatic rings. The Balaban J connectivity index is 2.28. The van der Waals surface area contributed by atoms with Crippen LogP contribution in [0.2, 0.25) is 0 Å². The molecule has 17 heteroatoms. The van der Waals surface area contributed by atoms with E-state index in [4.69, 9.17) is 34.9 Å². The smallest absolute Gasteiger partial charge is 0.322 e. The minimum Gasteiger partial charge on any atom is -0.493 e. The van der Waals surface area contributed by atoms with E-state index in [0.717, 1.165) is 17.3 Å². The highest BCUT2D eigenvalue weighted by molar-refractivity contribution is 7.99. The molecular formula is C31H42N4O12S. The highest BCUT2D eigenvalue weighted by atomic mass is 32.2. The summed E-state index contributed by atoms with van der Waals surface area (Å²) in [6.45, 7) is -0.576. The average Bonchev–Trinajstić information content (AvgIpc) is 3.08. The summed E-state index contributed by atoms with van der Waals surface area (Å²) >= 11 is 0.945. The molecule has 8 N–H and O–H groups in total. The number of carbonyl (C=O) groups excluding carboxylic acids is 3. The molecule has 2 aromatic carbocycles. The van der Waals surface area contributed by atoms with Gasteiger partial charge in [-0.15, -0.1) is 11.8 Å². The van der Waals surface area contributed by atoms with Crippen molar-refractivity contribution in [1.29, 1.82) is 0 Å². The molecule has 0 radical (unpaired) electrons. The number of rotatable bonds is 21. The lowest BCUT2D eigenvalue weighted by atomic mass is 10.1. The fraction of sp³-hybridized carbons (Fsp3) is 0.452. The van der Waals surface area contributed by atoms with E-state index in [-0.39, 0.29) is 25.1 Å². The minimum atomic E-state index is -1.66. The number of hydrogen-bond acceptors (Lipinski definition) is 12.